The second-order valence-electron chi connectivity index (χ2n) is 8.75. The zero-order valence-electron chi connectivity index (χ0n) is 22.6. The Labute approximate surface area is 266 Å². The molecule has 2 heterocycles. The fraction of sp³-hybridized carbons (Fsp3) is 0.391. The van der Waals surface area contributed by atoms with Crippen LogP contribution in [0.4, 0.5) is 11.4 Å². The van der Waals surface area contributed by atoms with E-state index in [1.807, 2.05) is 12.1 Å². The molecule has 41 heavy (non-hydrogen) atoms. The molecule has 0 aromatic heterocycles. The zero-order valence-corrected chi connectivity index (χ0v) is 29.0. The summed E-state index contributed by atoms with van der Waals surface area (Å²) in [4.78, 5) is 8.58. The first-order valence-corrected chi connectivity index (χ1v) is 18.6. The standard InChI is InChI=1S/C12H17N3O3S.C11H15N3O3S.BBr3/c1-18-11-7-9(8-12-13-5-6-14-12)3-4-10(11)15-19(2,16)17;1-18(16,17)14-9-3-2-8(6-10(9)15)7-11-12-4-5-13-11;2-1(3)4/h3-4,7,15H,5-6,8H2,1-2H3,(H,13,14);2-3,6,14-15H,4-5,7H2,1H3,(H,12,13);. The van der Waals surface area contributed by atoms with Crippen LogP contribution in [0.1, 0.15) is 11.1 Å². The van der Waals surface area contributed by atoms with Crippen LogP contribution in [0.15, 0.2) is 46.4 Å². The Morgan fingerprint density at radius 1 is 0.854 bits per heavy atom. The largest absolute Gasteiger partial charge is 0.506 e. The minimum absolute atomic E-state index is 0.0866. The molecule has 226 valence electrons. The quantitative estimate of drug-likeness (QED) is 0.190. The summed E-state index contributed by atoms with van der Waals surface area (Å²) in [5, 5.41) is 16.1. The van der Waals surface area contributed by atoms with Gasteiger partial charge in [-0.05, 0) is 35.4 Å². The van der Waals surface area contributed by atoms with Gasteiger partial charge in [0.2, 0.25) is 20.0 Å². The van der Waals surface area contributed by atoms with Crippen molar-refractivity contribution in [3.63, 3.8) is 0 Å². The maximum Gasteiger partial charge on any atom is 0.369 e. The van der Waals surface area contributed by atoms with Crippen molar-refractivity contribution in [2.75, 3.05) is 55.2 Å². The van der Waals surface area contributed by atoms with E-state index < -0.39 is 20.0 Å². The Morgan fingerprint density at radius 2 is 1.29 bits per heavy atom. The lowest BCUT2D eigenvalue weighted by Gasteiger charge is -2.11. The lowest BCUT2D eigenvalue weighted by Crippen LogP contribution is -2.20. The number of hydrogen-bond donors (Lipinski definition) is 5. The van der Waals surface area contributed by atoms with Crippen molar-refractivity contribution in [1.29, 1.82) is 0 Å². The van der Waals surface area contributed by atoms with Crippen LogP contribution < -0.4 is 24.8 Å². The summed E-state index contributed by atoms with van der Waals surface area (Å²) in [5.74, 6) is 2.25. The average molecular weight is 803 g/mol. The van der Waals surface area contributed by atoms with E-state index in [1.54, 1.807) is 18.2 Å². The molecule has 4 rings (SSSR count). The Morgan fingerprint density at radius 3 is 1.68 bits per heavy atom. The molecular formula is C23H32BBr3N6O6S2. The molecule has 2 aromatic rings. The molecule has 0 atom stereocenters. The first kappa shape index (κ1) is 35.2. The molecule has 2 aromatic carbocycles. The third kappa shape index (κ3) is 14.6. The van der Waals surface area contributed by atoms with Gasteiger partial charge in [-0.15, -0.1) is 47.3 Å². The molecule has 2 aliphatic rings. The zero-order chi connectivity index (χ0) is 30.6. The van der Waals surface area contributed by atoms with E-state index in [-0.39, 0.29) is 14.6 Å². The number of halogens is 3. The summed E-state index contributed by atoms with van der Waals surface area (Å²) < 4.78 is 54.8. The molecule has 18 heteroatoms. The van der Waals surface area contributed by atoms with Gasteiger partial charge in [0.1, 0.15) is 23.2 Å². The monoisotopic (exact) mass is 800 g/mol. The summed E-state index contributed by atoms with van der Waals surface area (Å²) in [6.45, 7) is 3.30. The summed E-state index contributed by atoms with van der Waals surface area (Å²) >= 11 is 9.31. The molecule has 0 bridgehead atoms. The van der Waals surface area contributed by atoms with Crippen LogP contribution in [0.5, 0.6) is 11.5 Å². The van der Waals surface area contributed by atoms with Crippen LogP contribution >= 0.6 is 47.3 Å². The van der Waals surface area contributed by atoms with Crippen LogP contribution in [0, 0.1) is 0 Å². The second kappa shape index (κ2) is 16.6. The van der Waals surface area contributed by atoms with Crippen molar-refractivity contribution in [1.82, 2.24) is 10.6 Å². The molecule has 0 amide bonds. The Kier molecular flexibility index (Phi) is 14.2. The predicted molar refractivity (Wildman–Crippen MR) is 179 cm³/mol. The predicted octanol–water partition coefficient (Wildman–Crippen LogP) is 3.07. The second-order valence-corrected chi connectivity index (χ2v) is 18.7. The number of aliphatic imine (C=N–C) groups is 2. The number of nitrogens with zero attached hydrogens (tertiary/aromatic N) is 2. The van der Waals surface area contributed by atoms with Gasteiger partial charge in [-0.25, -0.2) is 16.8 Å². The molecule has 0 aliphatic carbocycles. The van der Waals surface area contributed by atoms with Gasteiger partial charge in [0.15, 0.2) is 0 Å². The molecule has 0 saturated carbocycles. The van der Waals surface area contributed by atoms with Crippen LogP contribution in [-0.2, 0) is 32.9 Å². The van der Waals surface area contributed by atoms with Gasteiger partial charge in [0.05, 0.1) is 44.1 Å². The van der Waals surface area contributed by atoms with Crippen molar-refractivity contribution < 1.29 is 26.7 Å². The van der Waals surface area contributed by atoms with E-state index in [1.165, 1.54) is 13.2 Å². The van der Waals surface area contributed by atoms with Crippen molar-refractivity contribution in [3.05, 3.63) is 47.5 Å². The molecule has 12 nitrogen and oxygen atoms in total. The lowest BCUT2D eigenvalue weighted by atomic mass is 10.1. The first-order chi connectivity index (χ1) is 19.1. The summed E-state index contributed by atoms with van der Waals surface area (Å²) in [5.41, 5.74) is 2.52. The Bertz CT molecular complexity index is 1460. The van der Waals surface area contributed by atoms with Gasteiger partial charge in [-0.3, -0.25) is 19.4 Å². The highest BCUT2D eigenvalue weighted by Crippen LogP contribution is 2.27. The van der Waals surface area contributed by atoms with Gasteiger partial charge in [0.25, 0.3) is 0 Å². The van der Waals surface area contributed by atoms with E-state index >= 15 is 0 Å². The summed E-state index contributed by atoms with van der Waals surface area (Å²) in [7, 11) is -5.18. The van der Waals surface area contributed by atoms with Crippen LogP contribution in [0.2, 0.25) is 0 Å². The topological polar surface area (TPSA) is 171 Å². The Hall–Kier alpha value is -2.02. The number of rotatable bonds is 9. The van der Waals surface area contributed by atoms with Crippen molar-refractivity contribution in [2.45, 2.75) is 12.8 Å². The molecule has 0 spiro atoms. The number of ether oxygens (including phenoxy) is 1. The number of hydrogen-bond acceptors (Lipinski definition) is 10. The van der Waals surface area contributed by atoms with E-state index in [4.69, 9.17) is 4.74 Å². The number of phenolic OH excluding ortho intramolecular Hbond substituents is 1. The fourth-order valence-corrected chi connectivity index (χ4v) is 4.76. The van der Waals surface area contributed by atoms with E-state index in [0.717, 1.165) is 61.5 Å². The molecule has 2 aliphatic heterocycles. The van der Waals surface area contributed by atoms with Gasteiger partial charge < -0.3 is 20.5 Å². The number of nitrogens with one attached hydrogen (secondary N) is 4. The number of anilines is 2. The summed E-state index contributed by atoms with van der Waals surface area (Å²) in [6.07, 6.45) is 3.44. The van der Waals surface area contributed by atoms with Gasteiger partial charge in [-0.2, -0.15) is 0 Å². The average Bonchev–Trinajstić information content (AvgIpc) is 3.55. The number of sulfonamides is 2. The maximum absolute atomic E-state index is 11.2. The number of phenols is 1. The van der Waals surface area contributed by atoms with E-state index in [9.17, 15) is 21.9 Å². The number of benzene rings is 2. The van der Waals surface area contributed by atoms with Crippen LogP contribution in [0.25, 0.3) is 0 Å². The number of aromatic hydroxyl groups is 1. The maximum atomic E-state index is 11.2. The minimum atomic E-state index is -3.38. The van der Waals surface area contributed by atoms with E-state index in [0.29, 0.717) is 24.3 Å². The van der Waals surface area contributed by atoms with Crippen molar-refractivity contribution in [3.8, 4) is 11.5 Å². The van der Waals surface area contributed by atoms with Crippen molar-refractivity contribution in [2.24, 2.45) is 9.98 Å². The number of methoxy groups -OCH3 is 1. The van der Waals surface area contributed by atoms with Crippen molar-refractivity contribution >= 4 is 93.5 Å². The Balaban J connectivity index is 0.000000254. The molecule has 0 radical (unpaired) electrons. The normalized spacial score (nSPS) is 14.1. The molecule has 0 fully saturated rings. The minimum Gasteiger partial charge on any atom is -0.506 e. The molecule has 0 saturated heterocycles. The third-order valence-electron chi connectivity index (χ3n) is 5.15. The fourth-order valence-electron chi connectivity index (χ4n) is 3.62. The lowest BCUT2D eigenvalue weighted by molar-refractivity contribution is 0.416. The SMILES string of the molecule is BrB(Br)Br.COc1cc(CC2=NCCN2)ccc1NS(C)(=O)=O.CS(=O)(=O)Nc1ccc(CC2=NCCN2)cc1O. The van der Waals surface area contributed by atoms with Gasteiger partial charge >= 0.3 is 3.18 Å². The molecular weight excluding hydrogens is 771 g/mol. The smallest absolute Gasteiger partial charge is 0.369 e. The molecule has 5 N–H and O–H groups in total. The highest BCUT2D eigenvalue weighted by atomic mass is 79.9. The van der Waals surface area contributed by atoms with Crippen LogP contribution in [-0.4, -0.2) is 82.6 Å². The van der Waals surface area contributed by atoms with Gasteiger partial charge in [0, 0.05) is 25.9 Å². The van der Waals surface area contributed by atoms with E-state index in [2.05, 4.69) is 77.3 Å². The highest BCUT2D eigenvalue weighted by molar-refractivity contribution is 9.69. The molecule has 0 unspecified atom stereocenters. The van der Waals surface area contributed by atoms with Crippen LogP contribution in [0.3, 0.4) is 0 Å². The third-order valence-corrected chi connectivity index (χ3v) is 6.33. The highest BCUT2D eigenvalue weighted by Gasteiger charge is 2.12. The number of amidine groups is 2. The summed E-state index contributed by atoms with van der Waals surface area (Å²) in [6, 6.07) is 10.2. The van der Waals surface area contributed by atoms with Gasteiger partial charge in [-0.1, -0.05) is 12.1 Å². The first-order valence-electron chi connectivity index (χ1n) is 12.1.